The number of benzene rings is 2. The van der Waals surface area contributed by atoms with Crippen LogP contribution in [0.1, 0.15) is 11.1 Å². The topological polar surface area (TPSA) is 66.4 Å². The number of aliphatic hydroxyl groups excluding tert-OH is 1. The molecule has 6 nitrogen and oxygen atoms in total. The molecule has 2 fully saturated rings. The molecular formula is C22H26O6. The molecule has 2 aliphatic heterocycles. The van der Waals surface area contributed by atoms with Crippen LogP contribution in [0.15, 0.2) is 60.7 Å². The van der Waals surface area contributed by atoms with Gasteiger partial charge in [-0.3, -0.25) is 0 Å². The first-order chi connectivity index (χ1) is 13.8. The molecule has 2 aliphatic rings. The molecule has 2 bridgehead atoms. The Bertz CT molecular complexity index is 724. The molecular weight excluding hydrogens is 360 g/mol. The number of rotatable bonds is 8. The van der Waals surface area contributed by atoms with Gasteiger partial charge in [0, 0.05) is 7.11 Å². The van der Waals surface area contributed by atoms with E-state index in [0.29, 0.717) is 13.2 Å². The van der Waals surface area contributed by atoms with Crippen LogP contribution >= 0.6 is 0 Å². The van der Waals surface area contributed by atoms with Gasteiger partial charge in [0.25, 0.3) is 0 Å². The molecule has 2 heterocycles. The van der Waals surface area contributed by atoms with E-state index in [1.807, 2.05) is 60.7 Å². The average Bonchev–Trinajstić information content (AvgIpc) is 3.01. The monoisotopic (exact) mass is 386 g/mol. The lowest BCUT2D eigenvalue weighted by molar-refractivity contribution is -0.275. The van der Waals surface area contributed by atoms with E-state index in [9.17, 15) is 5.11 Å². The summed E-state index contributed by atoms with van der Waals surface area (Å²) in [6.45, 7) is 0.703. The number of methoxy groups -OCH3 is 1. The zero-order valence-electron chi connectivity index (χ0n) is 15.8. The van der Waals surface area contributed by atoms with Crippen LogP contribution in [-0.4, -0.2) is 55.6 Å². The third-order valence-corrected chi connectivity index (χ3v) is 5.21. The number of aliphatic hydroxyl groups is 1. The standard InChI is InChI=1S/C22H26O6/c1-24-22-21(26-14-16-10-6-3-7-11-16)20-19(18(28-22)17(12-23)27-20)25-13-15-8-4-2-5-9-15/h2-11,17-23H,12-14H2,1H3/t17-,18+,19+,20-,21-,22-/m0/s1. The molecule has 0 unspecified atom stereocenters. The summed E-state index contributed by atoms with van der Waals surface area (Å²) in [5.41, 5.74) is 2.12. The minimum Gasteiger partial charge on any atom is -0.394 e. The fourth-order valence-electron chi connectivity index (χ4n) is 3.80. The van der Waals surface area contributed by atoms with Crippen molar-refractivity contribution in [3.05, 3.63) is 71.8 Å². The third-order valence-electron chi connectivity index (χ3n) is 5.21. The Morgan fingerprint density at radius 2 is 1.36 bits per heavy atom. The molecule has 4 rings (SSSR count). The molecule has 0 saturated carbocycles. The number of hydrogen-bond acceptors (Lipinski definition) is 6. The van der Waals surface area contributed by atoms with Gasteiger partial charge in [-0.05, 0) is 11.1 Å². The van der Waals surface area contributed by atoms with E-state index in [1.54, 1.807) is 7.11 Å². The predicted octanol–water partition coefficient (Wildman–Crippen LogP) is 2.29. The molecule has 6 heteroatoms. The largest absolute Gasteiger partial charge is 0.394 e. The molecule has 0 spiro atoms. The molecule has 0 aromatic heterocycles. The van der Waals surface area contributed by atoms with E-state index in [1.165, 1.54) is 0 Å². The van der Waals surface area contributed by atoms with Crippen molar-refractivity contribution in [2.75, 3.05) is 13.7 Å². The molecule has 0 amide bonds. The van der Waals surface area contributed by atoms with Crippen molar-refractivity contribution in [2.24, 2.45) is 0 Å². The molecule has 2 aromatic carbocycles. The van der Waals surface area contributed by atoms with Gasteiger partial charge >= 0.3 is 0 Å². The highest BCUT2D eigenvalue weighted by molar-refractivity contribution is 5.15. The van der Waals surface area contributed by atoms with E-state index in [-0.39, 0.29) is 18.8 Å². The van der Waals surface area contributed by atoms with Crippen molar-refractivity contribution in [3.63, 3.8) is 0 Å². The summed E-state index contributed by atoms with van der Waals surface area (Å²) in [6.07, 6.45) is -2.63. The van der Waals surface area contributed by atoms with Crippen LogP contribution in [-0.2, 0) is 36.9 Å². The average molecular weight is 386 g/mol. The number of ether oxygens (including phenoxy) is 5. The second-order valence-corrected chi connectivity index (χ2v) is 7.05. The van der Waals surface area contributed by atoms with E-state index < -0.39 is 24.6 Å². The van der Waals surface area contributed by atoms with Crippen LogP contribution in [0.2, 0.25) is 0 Å². The zero-order chi connectivity index (χ0) is 19.3. The summed E-state index contributed by atoms with van der Waals surface area (Å²) in [6, 6.07) is 19.9. The maximum absolute atomic E-state index is 9.73. The Morgan fingerprint density at radius 1 is 0.786 bits per heavy atom. The predicted molar refractivity (Wildman–Crippen MR) is 101 cm³/mol. The Kier molecular flexibility index (Phi) is 6.36. The summed E-state index contributed by atoms with van der Waals surface area (Å²) in [4.78, 5) is 0. The Hall–Kier alpha value is -1.80. The van der Waals surface area contributed by atoms with Crippen LogP contribution in [0, 0.1) is 0 Å². The molecule has 150 valence electrons. The van der Waals surface area contributed by atoms with Crippen LogP contribution in [0.25, 0.3) is 0 Å². The quantitative estimate of drug-likeness (QED) is 0.751. The van der Waals surface area contributed by atoms with Crippen molar-refractivity contribution < 1.29 is 28.8 Å². The van der Waals surface area contributed by atoms with Gasteiger partial charge in [-0.15, -0.1) is 0 Å². The Balaban J connectivity index is 1.48. The summed E-state index contributed by atoms with van der Waals surface area (Å²) in [5.74, 6) is 0. The van der Waals surface area contributed by atoms with Gasteiger partial charge in [-0.25, -0.2) is 0 Å². The lowest BCUT2D eigenvalue weighted by Gasteiger charge is -2.39. The molecule has 0 aliphatic carbocycles. The minimum absolute atomic E-state index is 0.145. The summed E-state index contributed by atoms with van der Waals surface area (Å²) in [5, 5.41) is 9.73. The van der Waals surface area contributed by atoms with E-state index in [4.69, 9.17) is 23.7 Å². The maximum atomic E-state index is 9.73. The van der Waals surface area contributed by atoms with Gasteiger partial charge in [-0.1, -0.05) is 60.7 Å². The fourth-order valence-corrected chi connectivity index (χ4v) is 3.80. The normalized spacial score (nSPS) is 31.8. The second-order valence-electron chi connectivity index (χ2n) is 7.05. The third kappa shape index (κ3) is 4.12. The molecule has 0 radical (unpaired) electrons. The number of hydrogen-bond donors (Lipinski definition) is 1. The first kappa shape index (κ1) is 19.5. The van der Waals surface area contributed by atoms with Crippen LogP contribution < -0.4 is 0 Å². The summed E-state index contributed by atoms with van der Waals surface area (Å²) in [7, 11) is 1.59. The van der Waals surface area contributed by atoms with Gasteiger partial charge in [0.05, 0.1) is 19.8 Å². The van der Waals surface area contributed by atoms with E-state index >= 15 is 0 Å². The molecule has 1 N–H and O–H groups in total. The molecule has 2 saturated heterocycles. The van der Waals surface area contributed by atoms with Crippen molar-refractivity contribution in [3.8, 4) is 0 Å². The Morgan fingerprint density at radius 3 is 1.89 bits per heavy atom. The highest BCUT2D eigenvalue weighted by Crippen LogP contribution is 2.38. The summed E-state index contributed by atoms with van der Waals surface area (Å²) >= 11 is 0. The lowest BCUT2D eigenvalue weighted by Crippen LogP contribution is -2.56. The SMILES string of the molecule is CO[C@H]1O[C@H]2[C@@H](OCc3ccccc3)[C@H](O[C@H]2CO)[C@@H]1OCc1ccccc1. The van der Waals surface area contributed by atoms with Crippen molar-refractivity contribution >= 4 is 0 Å². The van der Waals surface area contributed by atoms with Crippen molar-refractivity contribution in [1.82, 2.24) is 0 Å². The highest BCUT2D eigenvalue weighted by atomic mass is 16.7. The maximum Gasteiger partial charge on any atom is 0.186 e. The van der Waals surface area contributed by atoms with Gasteiger partial charge < -0.3 is 28.8 Å². The molecule has 6 atom stereocenters. The smallest absolute Gasteiger partial charge is 0.186 e. The van der Waals surface area contributed by atoms with Gasteiger partial charge in [-0.2, -0.15) is 0 Å². The van der Waals surface area contributed by atoms with Gasteiger partial charge in [0.2, 0.25) is 0 Å². The lowest BCUT2D eigenvalue weighted by atomic mass is 9.99. The Labute approximate surface area is 164 Å². The van der Waals surface area contributed by atoms with Crippen molar-refractivity contribution in [1.29, 1.82) is 0 Å². The van der Waals surface area contributed by atoms with Crippen LogP contribution in [0.5, 0.6) is 0 Å². The first-order valence-electron chi connectivity index (χ1n) is 9.56. The highest BCUT2D eigenvalue weighted by Gasteiger charge is 2.57. The fraction of sp³-hybridized carbons (Fsp3) is 0.455. The van der Waals surface area contributed by atoms with E-state index in [0.717, 1.165) is 11.1 Å². The molecule has 28 heavy (non-hydrogen) atoms. The van der Waals surface area contributed by atoms with Gasteiger partial charge in [0.15, 0.2) is 6.29 Å². The van der Waals surface area contributed by atoms with Gasteiger partial charge in [0.1, 0.15) is 30.5 Å². The first-order valence-corrected chi connectivity index (χ1v) is 9.56. The van der Waals surface area contributed by atoms with Crippen LogP contribution in [0.3, 0.4) is 0 Å². The number of fused-ring (bicyclic) bond motifs is 2. The zero-order valence-corrected chi connectivity index (χ0v) is 15.8. The van der Waals surface area contributed by atoms with E-state index in [2.05, 4.69) is 0 Å². The van der Waals surface area contributed by atoms with Crippen LogP contribution in [0.4, 0.5) is 0 Å². The minimum atomic E-state index is -0.577. The summed E-state index contributed by atoms with van der Waals surface area (Å²) < 4.78 is 30.0. The van der Waals surface area contributed by atoms with Crippen molar-refractivity contribution in [2.45, 2.75) is 50.0 Å². The molecule has 2 aromatic rings. The second kappa shape index (κ2) is 9.13.